The van der Waals surface area contributed by atoms with E-state index in [-0.39, 0.29) is 0 Å². The molecule has 0 aliphatic carbocycles. The molecule has 0 saturated carbocycles. The van der Waals surface area contributed by atoms with Gasteiger partial charge < -0.3 is 10.3 Å². The lowest BCUT2D eigenvalue weighted by Gasteiger charge is -2.20. The topological polar surface area (TPSA) is 40.7 Å². The predicted molar refractivity (Wildman–Crippen MR) is 66.7 cm³/mol. The minimum Gasteiger partial charge on any atom is -0.360 e. The van der Waals surface area contributed by atoms with Gasteiger partial charge in [0.2, 0.25) is 0 Å². The van der Waals surface area contributed by atoms with Crippen LogP contribution in [-0.4, -0.2) is 23.1 Å². The van der Waals surface area contributed by atoms with Gasteiger partial charge in [-0.25, -0.2) is 4.98 Å². The predicted octanol–water partition coefficient (Wildman–Crippen LogP) is 2.61. The molecule has 2 aromatic rings. The number of nitrogens with zero attached hydrogens (tertiary/aromatic N) is 1. The smallest absolute Gasteiger partial charge is 0.0976 e. The van der Waals surface area contributed by atoms with Crippen molar-refractivity contribution in [3.8, 4) is 11.4 Å². The Morgan fingerprint density at radius 2 is 2.19 bits per heavy atom. The number of aromatic nitrogens is 2. The van der Waals surface area contributed by atoms with Crippen LogP contribution in [0.15, 0.2) is 23.7 Å². The van der Waals surface area contributed by atoms with E-state index in [1.54, 1.807) is 11.3 Å². The summed E-state index contributed by atoms with van der Waals surface area (Å²) in [4.78, 5) is 7.94. The van der Waals surface area contributed by atoms with E-state index in [4.69, 9.17) is 4.98 Å². The summed E-state index contributed by atoms with van der Waals surface area (Å²) in [6.07, 6.45) is 4.38. The molecule has 3 heterocycles. The maximum absolute atomic E-state index is 4.74. The fraction of sp³-hybridized carbons (Fsp3) is 0.417. The van der Waals surface area contributed by atoms with Gasteiger partial charge in [0.25, 0.3) is 0 Å². The lowest BCUT2D eigenvalue weighted by Crippen LogP contribution is -2.26. The average Bonchev–Trinajstić information content (AvgIpc) is 3.01. The molecular weight excluding hydrogens is 218 g/mol. The fourth-order valence-electron chi connectivity index (χ4n) is 2.16. The van der Waals surface area contributed by atoms with Crippen molar-refractivity contribution in [3.05, 3.63) is 28.7 Å². The molecule has 2 aromatic heterocycles. The van der Waals surface area contributed by atoms with E-state index in [2.05, 4.69) is 21.7 Å². The van der Waals surface area contributed by atoms with Gasteiger partial charge in [-0.15, -0.1) is 11.3 Å². The Bertz CT molecular complexity index is 441. The van der Waals surface area contributed by atoms with E-state index < -0.39 is 0 Å². The van der Waals surface area contributed by atoms with Crippen molar-refractivity contribution < 1.29 is 0 Å². The van der Waals surface area contributed by atoms with E-state index >= 15 is 0 Å². The Labute approximate surface area is 98.9 Å². The molecule has 0 unspecified atom stereocenters. The molecule has 1 saturated heterocycles. The summed E-state index contributed by atoms with van der Waals surface area (Å²) in [5.41, 5.74) is 2.21. The number of hydrogen-bond acceptors (Lipinski definition) is 3. The highest BCUT2D eigenvalue weighted by Gasteiger charge is 2.18. The van der Waals surface area contributed by atoms with Crippen molar-refractivity contribution in [2.45, 2.75) is 18.8 Å². The van der Waals surface area contributed by atoms with Crippen molar-refractivity contribution in [3.63, 3.8) is 0 Å². The molecule has 0 spiro atoms. The van der Waals surface area contributed by atoms with Gasteiger partial charge in [0, 0.05) is 17.5 Å². The van der Waals surface area contributed by atoms with E-state index in [1.165, 1.54) is 17.8 Å². The van der Waals surface area contributed by atoms with Gasteiger partial charge in [0.15, 0.2) is 0 Å². The van der Waals surface area contributed by atoms with Gasteiger partial charge in [0.05, 0.1) is 16.4 Å². The first-order valence-electron chi connectivity index (χ1n) is 5.73. The first-order valence-corrected chi connectivity index (χ1v) is 6.61. The Morgan fingerprint density at radius 3 is 2.94 bits per heavy atom. The van der Waals surface area contributed by atoms with E-state index in [0.29, 0.717) is 5.92 Å². The van der Waals surface area contributed by atoms with Crippen LogP contribution in [0.1, 0.15) is 23.8 Å². The minimum atomic E-state index is 0.662. The SMILES string of the molecule is c1c[nH]c(-c2csc(C3CCNCC3)n2)c1. The molecule has 0 aromatic carbocycles. The summed E-state index contributed by atoms with van der Waals surface area (Å²) in [7, 11) is 0. The van der Waals surface area contributed by atoms with Crippen molar-refractivity contribution in [2.75, 3.05) is 13.1 Å². The zero-order valence-corrected chi connectivity index (χ0v) is 9.89. The summed E-state index contributed by atoms with van der Waals surface area (Å²) in [6, 6.07) is 4.08. The second kappa shape index (κ2) is 4.39. The quantitative estimate of drug-likeness (QED) is 0.837. The Kier molecular flexibility index (Phi) is 2.76. The van der Waals surface area contributed by atoms with E-state index in [9.17, 15) is 0 Å². The summed E-state index contributed by atoms with van der Waals surface area (Å²) < 4.78 is 0. The second-order valence-corrected chi connectivity index (χ2v) is 5.07. The highest BCUT2D eigenvalue weighted by Crippen LogP contribution is 2.30. The zero-order chi connectivity index (χ0) is 10.8. The first kappa shape index (κ1) is 10.1. The molecule has 16 heavy (non-hydrogen) atoms. The number of thiazole rings is 1. The molecule has 2 N–H and O–H groups in total. The monoisotopic (exact) mass is 233 g/mol. The van der Waals surface area contributed by atoms with Crippen molar-refractivity contribution in [1.29, 1.82) is 0 Å². The molecule has 1 aliphatic rings. The van der Waals surface area contributed by atoms with Crippen LogP contribution >= 0.6 is 11.3 Å². The molecule has 0 atom stereocenters. The number of aromatic amines is 1. The number of rotatable bonds is 2. The summed E-state index contributed by atoms with van der Waals surface area (Å²) >= 11 is 1.80. The number of nitrogens with one attached hydrogen (secondary N) is 2. The van der Waals surface area contributed by atoms with Gasteiger partial charge in [-0.2, -0.15) is 0 Å². The van der Waals surface area contributed by atoms with Crippen LogP contribution in [0.3, 0.4) is 0 Å². The van der Waals surface area contributed by atoms with Crippen molar-refractivity contribution >= 4 is 11.3 Å². The Balaban J connectivity index is 1.82. The maximum atomic E-state index is 4.74. The molecule has 3 rings (SSSR count). The van der Waals surface area contributed by atoms with E-state index in [0.717, 1.165) is 24.5 Å². The van der Waals surface area contributed by atoms with Crippen LogP contribution in [0.25, 0.3) is 11.4 Å². The summed E-state index contributed by atoms with van der Waals surface area (Å²) in [6.45, 7) is 2.25. The van der Waals surface area contributed by atoms with Gasteiger partial charge in [0.1, 0.15) is 0 Å². The lowest BCUT2D eigenvalue weighted by molar-refractivity contribution is 0.459. The van der Waals surface area contributed by atoms with Crippen molar-refractivity contribution in [1.82, 2.24) is 15.3 Å². The lowest BCUT2D eigenvalue weighted by atomic mass is 9.99. The normalized spacial score (nSPS) is 17.8. The zero-order valence-electron chi connectivity index (χ0n) is 9.07. The highest BCUT2D eigenvalue weighted by molar-refractivity contribution is 7.10. The molecule has 0 radical (unpaired) electrons. The van der Waals surface area contributed by atoms with Crippen LogP contribution in [0.5, 0.6) is 0 Å². The van der Waals surface area contributed by atoms with Gasteiger partial charge in [-0.05, 0) is 38.1 Å². The number of H-pyrrole nitrogens is 1. The third kappa shape index (κ3) is 1.90. The average molecular weight is 233 g/mol. The van der Waals surface area contributed by atoms with Crippen LogP contribution in [-0.2, 0) is 0 Å². The van der Waals surface area contributed by atoms with Crippen molar-refractivity contribution in [2.24, 2.45) is 0 Å². The molecule has 0 amide bonds. The summed E-state index contributed by atoms with van der Waals surface area (Å²) in [5.74, 6) is 0.662. The largest absolute Gasteiger partial charge is 0.360 e. The number of hydrogen-bond donors (Lipinski definition) is 2. The first-order chi connectivity index (χ1) is 7.93. The van der Waals surface area contributed by atoms with Crippen LogP contribution in [0.2, 0.25) is 0 Å². The molecule has 4 heteroatoms. The molecule has 3 nitrogen and oxygen atoms in total. The number of piperidine rings is 1. The molecule has 1 aliphatic heterocycles. The summed E-state index contributed by atoms with van der Waals surface area (Å²) in [5, 5.41) is 6.84. The third-order valence-corrected chi connectivity index (χ3v) is 4.09. The standard InChI is InChI=1S/C12H15N3S/c1-2-10(14-5-1)11-8-16-12(15-11)9-3-6-13-7-4-9/h1-2,5,8-9,13-14H,3-4,6-7H2. The maximum Gasteiger partial charge on any atom is 0.0976 e. The molecular formula is C12H15N3S. The van der Waals surface area contributed by atoms with Gasteiger partial charge in [-0.3, -0.25) is 0 Å². The second-order valence-electron chi connectivity index (χ2n) is 4.18. The van der Waals surface area contributed by atoms with E-state index in [1.807, 2.05) is 12.3 Å². The fourth-order valence-corrected chi connectivity index (χ4v) is 3.15. The minimum absolute atomic E-state index is 0.662. The van der Waals surface area contributed by atoms with Crippen LogP contribution < -0.4 is 5.32 Å². The highest BCUT2D eigenvalue weighted by atomic mass is 32.1. The Hall–Kier alpha value is -1.13. The molecule has 0 bridgehead atoms. The van der Waals surface area contributed by atoms with Gasteiger partial charge in [-0.1, -0.05) is 0 Å². The third-order valence-electron chi connectivity index (χ3n) is 3.08. The van der Waals surface area contributed by atoms with Gasteiger partial charge >= 0.3 is 0 Å². The molecule has 1 fully saturated rings. The Morgan fingerprint density at radius 1 is 1.31 bits per heavy atom. The van der Waals surface area contributed by atoms with Crippen LogP contribution in [0.4, 0.5) is 0 Å². The molecule has 84 valence electrons. The van der Waals surface area contributed by atoms with Crippen LogP contribution in [0, 0.1) is 0 Å².